The maximum absolute atomic E-state index is 14.0. The second-order valence-electron chi connectivity index (χ2n) is 7.10. The Bertz CT molecular complexity index is 1420. The first-order valence-electron chi connectivity index (χ1n) is 9.57. The van der Waals surface area contributed by atoms with Crippen LogP contribution in [0.5, 0.6) is 5.75 Å². The number of nitro benzene ring substituents is 1. The first-order valence-corrected chi connectivity index (χ1v) is 11.1. The molecule has 0 aliphatic carbocycles. The van der Waals surface area contributed by atoms with Gasteiger partial charge in [0.15, 0.2) is 0 Å². The van der Waals surface area contributed by atoms with Gasteiger partial charge >= 0.3 is 0 Å². The van der Waals surface area contributed by atoms with E-state index in [-0.39, 0.29) is 28.3 Å². The van der Waals surface area contributed by atoms with Gasteiger partial charge in [0.2, 0.25) is 0 Å². The van der Waals surface area contributed by atoms with Crippen molar-refractivity contribution in [2.45, 2.75) is 11.4 Å². The van der Waals surface area contributed by atoms with E-state index in [0.717, 1.165) is 35.2 Å². The standard InChI is InChI=1S/C21H15FN4O7S/c1-33-17-7-6-14(26(29)30)10-16(17)24-34(31,32)18-9-13(22)5-4-12(18)11-25-20(27)15-3-2-8-23-19(15)21(25)28/h2-10,24H,11H2,1H3. The number of ether oxygens (including phenoxy) is 1. The summed E-state index contributed by atoms with van der Waals surface area (Å²) in [6, 6.07) is 9.01. The first-order chi connectivity index (χ1) is 16.1. The molecular weight excluding hydrogens is 471 g/mol. The Balaban J connectivity index is 1.72. The highest BCUT2D eigenvalue weighted by Crippen LogP contribution is 2.32. The number of pyridine rings is 1. The Morgan fingerprint density at radius 2 is 1.91 bits per heavy atom. The van der Waals surface area contributed by atoms with E-state index in [0.29, 0.717) is 0 Å². The molecule has 11 nitrogen and oxygen atoms in total. The summed E-state index contributed by atoms with van der Waals surface area (Å²) in [6.45, 7) is -0.476. The molecule has 1 N–H and O–H groups in total. The van der Waals surface area contributed by atoms with Gasteiger partial charge in [-0.25, -0.2) is 12.8 Å². The summed E-state index contributed by atoms with van der Waals surface area (Å²) >= 11 is 0. The molecule has 1 aliphatic heterocycles. The van der Waals surface area contributed by atoms with E-state index >= 15 is 0 Å². The number of imide groups is 1. The zero-order chi connectivity index (χ0) is 24.6. The highest BCUT2D eigenvalue weighted by atomic mass is 32.2. The molecule has 2 aromatic carbocycles. The summed E-state index contributed by atoms with van der Waals surface area (Å²) in [4.78, 5) is 39.8. The minimum absolute atomic E-state index is 0.0152. The summed E-state index contributed by atoms with van der Waals surface area (Å²) in [5.41, 5.74) is -0.724. The number of hydrogen-bond donors (Lipinski definition) is 1. The number of methoxy groups -OCH3 is 1. The van der Waals surface area contributed by atoms with Crippen molar-refractivity contribution in [2.75, 3.05) is 11.8 Å². The summed E-state index contributed by atoms with van der Waals surface area (Å²) < 4.78 is 47.6. The number of amides is 2. The number of halogens is 1. The molecule has 0 unspecified atom stereocenters. The van der Waals surface area contributed by atoms with Crippen LogP contribution in [-0.2, 0) is 16.6 Å². The molecular formula is C21H15FN4O7S. The molecule has 0 fully saturated rings. The van der Waals surface area contributed by atoms with E-state index in [1.54, 1.807) is 0 Å². The van der Waals surface area contributed by atoms with Crippen molar-refractivity contribution >= 4 is 33.2 Å². The van der Waals surface area contributed by atoms with Crippen molar-refractivity contribution in [3.63, 3.8) is 0 Å². The third kappa shape index (κ3) is 4.03. The van der Waals surface area contributed by atoms with Gasteiger partial charge in [0, 0.05) is 18.3 Å². The average molecular weight is 486 g/mol. The van der Waals surface area contributed by atoms with E-state index in [2.05, 4.69) is 9.71 Å². The van der Waals surface area contributed by atoms with E-state index in [1.807, 2.05) is 0 Å². The van der Waals surface area contributed by atoms with Gasteiger partial charge in [-0.2, -0.15) is 0 Å². The summed E-state index contributed by atoms with van der Waals surface area (Å²) in [6.07, 6.45) is 1.34. The van der Waals surface area contributed by atoms with Crippen molar-refractivity contribution in [2.24, 2.45) is 0 Å². The Morgan fingerprint density at radius 1 is 1.15 bits per heavy atom. The van der Waals surface area contributed by atoms with Gasteiger partial charge in [0.05, 0.1) is 34.7 Å². The topological polar surface area (TPSA) is 149 Å². The molecule has 1 aliphatic rings. The normalized spacial score (nSPS) is 13.1. The van der Waals surface area contributed by atoms with Crippen LogP contribution >= 0.6 is 0 Å². The number of non-ortho nitro benzene ring substituents is 1. The minimum atomic E-state index is -4.54. The Labute approximate surface area is 192 Å². The third-order valence-electron chi connectivity index (χ3n) is 5.02. The van der Waals surface area contributed by atoms with Crippen LogP contribution in [0.15, 0.2) is 59.6 Å². The number of fused-ring (bicyclic) bond motifs is 1. The highest BCUT2D eigenvalue weighted by Gasteiger charge is 2.37. The minimum Gasteiger partial charge on any atom is -0.495 e. The zero-order valence-electron chi connectivity index (χ0n) is 17.4. The summed E-state index contributed by atoms with van der Waals surface area (Å²) in [5, 5.41) is 11.1. The molecule has 13 heteroatoms. The van der Waals surface area contributed by atoms with Crippen molar-refractivity contribution in [1.82, 2.24) is 9.88 Å². The number of nitrogens with one attached hydrogen (secondary N) is 1. The number of nitrogens with zero attached hydrogens (tertiary/aromatic N) is 3. The van der Waals surface area contributed by atoms with Crippen LogP contribution in [-0.4, -0.2) is 42.1 Å². The molecule has 1 aromatic heterocycles. The van der Waals surface area contributed by atoms with Crippen LogP contribution in [0.25, 0.3) is 0 Å². The molecule has 3 aromatic rings. The second-order valence-corrected chi connectivity index (χ2v) is 8.75. The van der Waals surface area contributed by atoms with Gasteiger partial charge in [-0.3, -0.25) is 34.3 Å². The molecule has 0 radical (unpaired) electrons. The number of hydrogen-bond acceptors (Lipinski definition) is 8. The molecule has 0 bridgehead atoms. The van der Waals surface area contributed by atoms with E-state index in [9.17, 15) is 32.5 Å². The SMILES string of the molecule is COc1ccc([N+](=O)[O-])cc1NS(=O)(=O)c1cc(F)ccc1CN1C(=O)c2cccnc2C1=O. The van der Waals surface area contributed by atoms with Crippen molar-refractivity contribution < 1.29 is 32.1 Å². The molecule has 0 saturated heterocycles. The second kappa shape index (κ2) is 8.51. The lowest BCUT2D eigenvalue weighted by molar-refractivity contribution is -0.384. The number of benzene rings is 2. The van der Waals surface area contributed by atoms with Crippen LogP contribution in [0, 0.1) is 15.9 Å². The van der Waals surface area contributed by atoms with Gasteiger partial charge in [-0.05, 0) is 35.9 Å². The monoisotopic (exact) mass is 486 g/mol. The maximum Gasteiger partial charge on any atom is 0.280 e. The van der Waals surface area contributed by atoms with Crippen LogP contribution in [0.2, 0.25) is 0 Å². The first kappa shape index (κ1) is 22.8. The van der Waals surface area contributed by atoms with Crippen molar-refractivity contribution in [3.05, 3.63) is 87.5 Å². The number of rotatable bonds is 7. The highest BCUT2D eigenvalue weighted by molar-refractivity contribution is 7.92. The van der Waals surface area contributed by atoms with E-state index in [1.165, 1.54) is 31.5 Å². The number of aromatic nitrogens is 1. The van der Waals surface area contributed by atoms with Crippen molar-refractivity contribution in [1.29, 1.82) is 0 Å². The van der Waals surface area contributed by atoms with Crippen LogP contribution < -0.4 is 9.46 Å². The van der Waals surface area contributed by atoms with Crippen LogP contribution in [0.3, 0.4) is 0 Å². The fourth-order valence-corrected chi connectivity index (χ4v) is 4.73. The summed E-state index contributed by atoms with van der Waals surface area (Å²) in [5.74, 6) is -2.30. The smallest absolute Gasteiger partial charge is 0.280 e. The third-order valence-corrected chi connectivity index (χ3v) is 6.46. The van der Waals surface area contributed by atoms with Gasteiger partial charge in [0.25, 0.3) is 27.5 Å². The van der Waals surface area contributed by atoms with Crippen molar-refractivity contribution in [3.8, 4) is 5.75 Å². The lowest BCUT2D eigenvalue weighted by Crippen LogP contribution is -2.30. The zero-order valence-corrected chi connectivity index (χ0v) is 18.2. The molecule has 174 valence electrons. The maximum atomic E-state index is 14.0. The van der Waals surface area contributed by atoms with Gasteiger partial charge in [-0.1, -0.05) is 6.07 Å². The molecule has 4 rings (SSSR count). The van der Waals surface area contributed by atoms with Gasteiger partial charge in [-0.15, -0.1) is 0 Å². The quantitative estimate of drug-likeness (QED) is 0.304. The molecule has 34 heavy (non-hydrogen) atoms. The molecule has 0 spiro atoms. The molecule has 2 amide bonds. The Hall–Kier alpha value is -4.39. The predicted octanol–water partition coefficient (Wildman–Crippen LogP) is 2.73. The Kier molecular flexibility index (Phi) is 5.71. The molecule has 0 saturated carbocycles. The predicted molar refractivity (Wildman–Crippen MR) is 115 cm³/mol. The van der Waals surface area contributed by atoms with E-state index < -0.39 is 49.7 Å². The fraction of sp³-hybridized carbons (Fsp3) is 0.0952. The average Bonchev–Trinajstić information content (AvgIpc) is 3.04. The number of anilines is 1. The number of carbonyl (C=O) groups is 2. The Morgan fingerprint density at radius 3 is 2.59 bits per heavy atom. The lowest BCUT2D eigenvalue weighted by Gasteiger charge is -2.18. The summed E-state index contributed by atoms with van der Waals surface area (Å²) in [7, 11) is -3.30. The number of nitro groups is 1. The van der Waals surface area contributed by atoms with Crippen LogP contribution in [0.4, 0.5) is 15.8 Å². The number of carbonyl (C=O) groups excluding carboxylic acids is 2. The molecule has 2 heterocycles. The van der Waals surface area contributed by atoms with E-state index in [4.69, 9.17) is 4.74 Å². The van der Waals surface area contributed by atoms with Gasteiger partial charge < -0.3 is 4.74 Å². The van der Waals surface area contributed by atoms with Gasteiger partial charge in [0.1, 0.15) is 17.3 Å². The largest absolute Gasteiger partial charge is 0.495 e. The lowest BCUT2D eigenvalue weighted by atomic mass is 10.2. The fourth-order valence-electron chi connectivity index (χ4n) is 3.43. The number of sulfonamides is 1. The van der Waals surface area contributed by atoms with Crippen LogP contribution in [0.1, 0.15) is 26.4 Å². The molecule has 0 atom stereocenters.